The lowest BCUT2D eigenvalue weighted by Gasteiger charge is -2.12. The minimum atomic E-state index is -0.263. The fourth-order valence-electron chi connectivity index (χ4n) is 1.73. The van der Waals surface area contributed by atoms with Crippen molar-refractivity contribution in [3.63, 3.8) is 0 Å². The first kappa shape index (κ1) is 18.2. The number of hydrogen-bond donors (Lipinski definition) is 2. The molecule has 0 bridgehead atoms. The van der Waals surface area contributed by atoms with Crippen LogP contribution < -0.4 is 10.6 Å². The highest BCUT2D eigenvalue weighted by atomic mass is 35.5. The minimum Gasteiger partial charge on any atom is -0.469 e. The van der Waals surface area contributed by atoms with Crippen LogP contribution >= 0.6 is 11.6 Å². The lowest BCUT2D eigenvalue weighted by atomic mass is 10.2. The second-order valence-electron chi connectivity index (χ2n) is 4.81. The molecule has 1 heterocycles. The fourth-order valence-corrected chi connectivity index (χ4v) is 1.84. The number of aromatic nitrogens is 1. The fraction of sp³-hybridized carbons (Fsp3) is 0.533. The van der Waals surface area contributed by atoms with Crippen molar-refractivity contribution in [2.45, 2.75) is 20.3 Å². The predicted molar refractivity (Wildman–Crippen MR) is 88.1 cm³/mol. The first-order valence-electron chi connectivity index (χ1n) is 7.27. The minimum absolute atomic E-state index is 0.258. The standard InChI is InChI=1S/C15H23ClN4O2/c1-4-17-15(20-9-11(2)14(21)22-3)18-8-7-12-5-6-13(16)19-10-12/h5-6,10-11H,4,7-9H2,1-3H3,(H2,17,18,20). The molecule has 22 heavy (non-hydrogen) atoms. The zero-order valence-electron chi connectivity index (χ0n) is 13.2. The number of methoxy groups -OCH3 is 1. The summed E-state index contributed by atoms with van der Waals surface area (Å²) in [4.78, 5) is 19.8. The highest BCUT2D eigenvalue weighted by Gasteiger charge is 2.12. The lowest BCUT2D eigenvalue weighted by Crippen LogP contribution is -2.38. The summed E-state index contributed by atoms with van der Waals surface area (Å²) in [5, 5.41) is 6.85. The van der Waals surface area contributed by atoms with Crippen molar-refractivity contribution in [3.05, 3.63) is 29.0 Å². The molecule has 1 unspecified atom stereocenters. The van der Waals surface area contributed by atoms with Crippen LogP contribution in [-0.4, -0.2) is 43.7 Å². The SMILES string of the molecule is CCNC(=NCC(C)C(=O)OC)NCCc1ccc(Cl)nc1. The molecule has 2 N–H and O–H groups in total. The van der Waals surface area contributed by atoms with E-state index in [0.29, 0.717) is 24.2 Å². The molecule has 0 amide bonds. The van der Waals surface area contributed by atoms with E-state index in [2.05, 4.69) is 25.3 Å². The summed E-state index contributed by atoms with van der Waals surface area (Å²) in [5.41, 5.74) is 1.09. The second kappa shape index (κ2) is 10.00. The van der Waals surface area contributed by atoms with Crippen molar-refractivity contribution in [1.82, 2.24) is 15.6 Å². The second-order valence-corrected chi connectivity index (χ2v) is 5.20. The van der Waals surface area contributed by atoms with Gasteiger partial charge >= 0.3 is 5.97 Å². The maximum atomic E-state index is 11.4. The van der Waals surface area contributed by atoms with Gasteiger partial charge in [-0.3, -0.25) is 9.79 Å². The van der Waals surface area contributed by atoms with Crippen LogP contribution in [0, 0.1) is 5.92 Å². The lowest BCUT2D eigenvalue weighted by molar-refractivity contribution is -0.144. The van der Waals surface area contributed by atoms with E-state index in [1.54, 1.807) is 19.2 Å². The van der Waals surface area contributed by atoms with Gasteiger partial charge < -0.3 is 15.4 Å². The molecule has 0 radical (unpaired) electrons. The number of hydrogen-bond acceptors (Lipinski definition) is 4. The van der Waals surface area contributed by atoms with Crippen LogP contribution in [0.4, 0.5) is 0 Å². The van der Waals surface area contributed by atoms with Crippen molar-refractivity contribution in [2.75, 3.05) is 26.7 Å². The zero-order chi connectivity index (χ0) is 16.4. The maximum absolute atomic E-state index is 11.4. The molecule has 1 rings (SSSR count). The number of ether oxygens (including phenoxy) is 1. The van der Waals surface area contributed by atoms with E-state index in [0.717, 1.165) is 18.5 Å². The van der Waals surface area contributed by atoms with Crippen LogP contribution in [-0.2, 0) is 16.0 Å². The molecule has 7 heteroatoms. The van der Waals surface area contributed by atoms with E-state index >= 15 is 0 Å². The Morgan fingerprint density at radius 2 is 2.23 bits per heavy atom. The Morgan fingerprint density at radius 3 is 2.82 bits per heavy atom. The number of carbonyl (C=O) groups is 1. The van der Waals surface area contributed by atoms with E-state index in [4.69, 9.17) is 11.6 Å². The quantitative estimate of drug-likeness (QED) is 0.345. The summed E-state index contributed by atoms with van der Waals surface area (Å²) < 4.78 is 4.69. The normalized spacial score (nSPS) is 12.6. The van der Waals surface area contributed by atoms with Crippen LogP contribution in [0.3, 0.4) is 0 Å². The van der Waals surface area contributed by atoms with Crippen molar-refractivity contribution in [1.29, 1.82) is 0 Å². The molecule has 122 valence electrons. The van der Waals surface area contributed by atoms with Crippen molar-refractivity contribution < 1.29 is 9.53 Å². The molecule has 0 saturated heterocycles. The average molecular weight is 327 g/mol. The monoisotopic (exact) mass is 326 g/mol. The Labute approximate surface area is 136 Å². The van der Waals surface area contributed by atoms with E-state index in [9.17, 15) is 4.79 Å². The molecule has 0 fully saturated rings. The van der Waals surface area contributed by atoms with Gasteiger partial charge in [-0.25, -0.2) is 4.98 Å². The maximum Gasteiger partial charge on any atom is 0.310 e. The Balaban J connectivity index is 2.46. The summed E-state index contributed by atoms with van der Waals surface area (Å²) in [5.74, 6) is 0.160. The van der Waals surface area contributed by atoms with Gasteiger partial charge in [0.1, 0.15) is 5.15 Å². The Morgan fingerprint density at radius 1 is 1.45 bits per heavy atom. The topological polar surface area (TPSA) is 75.6 Å². The number of aliphatic imine (C=N–C) groups is 1. The number of esters is 1. The molecule has 0 saturated carbocycles. The Kier molecular flexibility index (Phi) is 8.28. The third kappa shape index (κ3) is 6.76. The largest absolute Gasteiger partial charge is 0.469 e. The highest BCUT2D eigenvalue weighted by molar-refractivity contribution is 6.29. The number of pyridine rings is 1. The Hall–Kier alpha value is -1.82. The van der Waals surface area contributed by atoms with Gasteiger partial charge in [-0.15, -0.1) is 0 Å². The van der Waals surface area contributed by atoms with Gasteiger partial charge in [0.2, 0.25) is 0 Å². The summed E-state index contributed by atoms with van der Waals surface area (Å²) in [7, 11) is 1.38. The first-order valence-corrected chi connectivity index (χ1v) is 7.65. The molecule has 0 aliphatic rings. The van der Waals surface area contributed by atoms with Crippen LogP contribution in [0.2, 0.25) is 5.15 Å². The molecule has 1 aromatic rings. The van der Waals surface area contributed by atoms with E-state index in [1.807, 2.05) is 13.0 Å². The van der Waals surface area contributed by atoms with Crippen LogP contribution in [0.1, 0.15) is 19.4 Å². The van der Waals surface area contributed by atoms with Gasteiger partial charge in [-0.1, -0.05) is 24.6 Å². The number of rotatable bonds is 7. The van der Waals surface area contributed by atoms with Crippen LogP contribution in [0.15, 0.2) is 23.3 Å². The number of halogens is 1. The van der Waals surface area contributed by atoms with Gasteiger partial charge in [0.15, 0.2) is 5.96 Å². The smallest absolute Gasteiger partial charge is 0.310 e. The highest BCUT2D eigenvalue weighted by Crippen LogP contribution is 2.05. The van der Waals surface area contributed by atoms with Gasteiger partial charge in [-0.05, 0) is 25.0 Å². The van der Waals surface area contributed by atoms with Gasteiger partial charge in [0, 0.05) is 19.3 Å². The van der Waals surface area contributed by atoms with E-state index < -0.39 is 0 Å². The van der Waals surface area contributed by atoms with Gasteiger partial charge in [-0.2, -0.15) is 0 Å². The predicted octanol–water partition coefficient (Wildman–Crippen LogP) is 1.64. The van der Waals surface area contributed by atoms with Crippen molar-refractivity contribution in [3.8, 4) is 0 Å². The number of guanidine groups is 1. The first-order chi connectivity index (χ1) is 10.6. The molecule has 0 aromatic carbocycles. The van der Waals surface area contributed by atoms with Crippen molar-refractivity contribution >= 4 is 23.5 Å². The molecule has 0 aliphatic heterocycles. The molecule has 0 spiro atoms. The number of nitrogens with one attached hydrogen (secondary N) is 2. The summed E-state index contributed by atoms with van der Waals surface area (Å²) in [6.07, 6.45) is 2.56. The average Bonchev–Trinajstić information content (AvgIpc) is 2.53. The van der Waals surface area contributed by atoms with Crippen LogP contribution in [0.5, 0.6) is 0 Å². The summed E-state index contributed by atoms with van der Waals surface area (Å²) in [6.45, 7) is 5.62. The molecule has 1 aromatic heterocycles. The number of nitrogens with zero attached hydrogens (tertiary/aromatic N) is 2. The summed E-state index contributed by atoms with van der Waals surface area (Å²) >= 11 is 5.75. The number of carbonyl (C=O) groups excluding carboxylic acids is 1. The Bertz CT molecular complexity index is 491. The van der Waals surface area contributed by atoms with Crippen LogP contribution in [0.25, 0.3) is 0 Å². The third-order valence-corrected chi connectivity index (χ3v) is 3.19. The third-order valence-electron chi connectivity index (χ3n) is 2.97. The molecule has 0 aliphatic carbocycles. The van der Waals surface area contributed by atoms with Crippen molar-refractivity contribution in [2.24, 2.45) is 10.9 Å². The van der Waals surface area contributed by atoms with Gasteiger partial charge in [0.05, 0.1) is 19.6 Å². The molecular weight excluding hydrogens is 304 g/mol. The molecular formula is C15H23ClN4O2. The summed E-state index contributed by atoms with van der Waals surface area (Å²) in [6, 6.07) is 3.72. The zero-order valence-corrected chi connectivity index (χ0v) is 14.0. The van der Waals surface area contributed by atoms with E-state index in [1.165, 1.54) is 7.11 Å². The molecule has 1 atom stereocenters. The van der Waals surface area contributed by atoms with Gasteiger partial charge in [0.25, 0.3) is 0 Å². The van der Waals surface area contributed by atoms with E-state index in [-0.39, 0.29) is 11.9 Å². The molecule has 6 nitrogen and oxygen atoms in total.